The Morgan fingerprint density at radius 3 is 2.50 bits per heavy atom. The molecule has 4 heteroatoms. The molecule has 0 atom stereocenters. The van der Waals surface area contributed by atoms with Crippen LogP contribution in [0.3, 0.4) is 0 Å². The Hall–Kier alpha value is -1.52. The second kappa shape index (κ2) is 5.89. The lowest BCUT2D eigenvalue weighted by Crippen LogP contribution is -1.92. The summed E-state index contributed by atoms with van der Waals surface area (Å²) in [5, 5.41) is 9.15. The summed E-state index contributed by atoms with van der Waals surface area (Å²) in [4.78, 5) is 1.14. The van der Waals surface area contributed by atoms with Gasteiger partial charge in [0.05, 0.1) is 6.61 Å². The zero-order valence-electron chi connectivity index (χ0n) is 9.89. The van der Waals surface area contributed by atoms with E-state index in [0.717, 1.165) is 4.90 Å². The second-order valence-corrected chi connectivity index (χ2v) is 4.57. The highest BCUT2D eigenvalue weighted by Gasteiger charge is 2.05. The van der Waals surface area contributed by atoms with Gasteiger partial charge >= 0.3 is 0 Å². The molecule has 2 rings (SSSR count). The third kappa shape index (κ3) is 3.03. The summed E-state index contributed by atoms with van der Waals surface area (Å²) < 4.78 is 18.6. The molecule has 0 saturated heterocycles. The minimum absolute atomic E-state index is 0.254. The van der Waals surface area contributed by atoms with Gasteiger partial charge in [0.2, 0.25) is 0 Å². The zero-order chi connectivity index (χ0) is 13.0. The minimum atomic E-state index is -0.385. The van der Waals surface area contributed by atoms with Gasteiger partial charge in [-0.1, -0.05) is 0 Å². The maximum Gasteiger partial charge on any atom is 0.133 e. The number of hydrogen-bond donors (Lipinski definition) is 1. The smallest absolute Gasteiger partial charge is 0.133 e. The topological polar surface area (TPSA) is 29.5 Å². The van der Waals surface area contributed by atoms with Crippen molar-refractivity contribution in [2.75, 3.05) is 6.26 Å². The van der Waals surface area contributed by atoms with Crippen LogP contribution >= 0.6 is 11.8 Å². The Balaban J connectivity index is 2.22. The average molecular weight is 264 g/mol. The molecule has 0 heterocycles. The van der Waals surface area contributed by atoms with Gasteiger partial charge in [0.25, 0.3) is 0 Å². The van der Waals surface area contributed by atoms with Crippen LogP contribution in [-0.2, 0) is 6.61 Å². The largest absolute Gasteiger partial charge is 0.457 e. The fourth-order valence-electron chi connectivity index (χ4n) is 1.54. The van der Waals surface area contributed by atoms with E-state index in [4.69, 9.17) is 9.84 Å². The van der Waals surface area contributed by atoms with Crippen molar-refractivity contribution >= 4 is 11.8 Å². The molecule has 0 fully saturated rings. The lowest BCUT2D eigenvalue weighted by atomic mass is 10.2. The lowest BCUT2D eigenvalue weighted by molar-refractivity contribution is 0.276. The van der Waals surface area contributed by atoms with Crippen LogP contribution in [0.4, 0.5) is 4.39 Å². The number of thioether (sulfide) groups is 1. The van der Waals surface area contributed by atoms with Gasteiger partial charge in [-0.2, -0.15) is 0 Å². The molecule has 94 valence electrons. The molecule has 18 heavy (non-hydrogen) atoms. The number of aliphatic hydroxyl groups is 1. The molecule has 0 bridgehead atoms. The number of aliphatic hydroxyl groups excluding tert-OH is 1. The molecule has 0 aliphatic rings. The van der Waals surface area contributed by atoms with Gasteiger partial charge in [-0.25, -0.2) is 4.39 Å². The molecule has 0 amide bonds. The third-order valence-electron chi connectivity index (χ3n) is 2.48. The van der Waals surface area contributed by atoms with E-state index in [-0.39, 0.29) is 12.4 Å². The standard InChI is InChI=1S/C14H13FO2S/c1-18-13-5-3-12(4-6-13)17-14-7-2-11(15)8-10(14)9-16/h2-8,16H,9H2,1H3. The van der Waals surface area contributed by atoms with Crippen LogP contribution in [-0.4, -0.2) is 11.4 Å². The summed E-state index contributed by atoms with van der Waals surface area (Å²) in [5.41, 5.74) is 0.434. The van der Waals surface area contributed by atoms with Crippen molar-refractivity contribution in [2.45, 2.75) is 11.5 Å². The quantitative estimate of drug-likeness (QED) is 0.851. The maximum atomic E-state index is 13.0. The van der Waals surface area contributed by atoms with E-state index in [1.54, 1.807) is 11.8 Å². The first-order valence-electron chi connectivity index (χ1n) is 5.44. The van der Waals surface area contributed by atoms with E-state index in [1.165, 1.54) is 18.2 Å². The van der Waals surface area contributed by atoms with Gasteiger partial charge in [-0.05, 0) is 48.7 Å². The normalized spacial score (nSPS) is 10.4. The molecule has 2 aromatic carbocycles. The molecular formula is C14H13FO2S. The third-order valence-corrected chi connectivity index (χ3v) is 3.22. The van der Waals surface area contributed by atoms with Crippen LogP contribution in [0.25, 0.3) is 0 Å². The van der Waals surface area contributed by atoms with Gasteiger partial charge in [0.15, 0.2) is 0 Å². The number of rotatable bonds is 4. The summed E-state index contributed by atoms with van der Waals surface area (Å²) in [5.74, 6) is 0.744. The minimum Gasteiger partial charge on any atom is -0.457 e. The first-order chi connectivity index (χ1) is 8.72. The monoisotopic (exact) mass is 264 g/mol. The molecule has 0 unspecified atom stereocenters. The predicted octanol–water partition coefficient (Wildman–Crippen LogP) is 3.83. The fraction of sp³-hybridized carbons (Fsp3) is 0.143. The van der Waals surface area contributed by atoms with Crippen molar-refractivity contribution in [3.05, 3.63) is 53.8 Å². The van der Waals surface area contributed by atoms with Crippen molar-refractivity contribution in [3.8, 4) is 11.5 Å². The molecule has 0 radical (unpaired) electrons. The summed E-state index contributed by atoms with van der Waals surface area (Å²) in [6, 6.07) is 11.7. The molecule has 0 aliphatic heterocycles. The summed E-state index contributed by atoms with van der Waals surface area (Å²) >= 11 is 1.65. The van der Waals surface area contributed by atoms with Gasteiger partial charge in [0, 0.05) is 10.5 Å². The van der Waals surface area contributed by atoms with Crippen LogP contribution in [0.5, 0.6) is 11.5 Å². The lowest BCUT2D eigenvalue weighted by Gasteiger charge is -2.10. The average Bonchev–Trinajstić information content (AvgIpc) is 2.41. The molecule has 2 nitrogen and oxygen atoms in total. The highest BCUT2D eigenvalue weighted by atomic mass is 32.2. The van der Waals surface area contributed by atoms with Crippen LogP contribution in [0, 0.1) is 5.82 Å². The van der Waals surface area contributed by atoms with Gasteiger partial charge in [0.1, 0.15) is 17.3 Å². The number of ether oxygens (including phenoxy) is 1. The van der Waals surface area contributed by atoms with E-state index >= 15 is 0 Å². The van der Waals surface area contributed by atoms with E-state index in [9.17, 15) is 4.39 Å². The zero-order valence-corrected chi connectivity index (χ0v) is 10.7. The molecule has 0 aromatic heterocycles. The first kappa shape index (κ1) is 12.9. The number of benzene rings is 2. The van der Waals surface area contributed by atoms with Crippen molar-refractivity contribution in [3.63, 3.8) is 0 Å². The Bertz CT molecular complexity index is 526. The highest BCUT2D eigenvalue weighted by Crippen LogP contribution is 2.27. The van der Waals surface area contributed by atoms with Crippen LogP contribution in [0.2, 0.25) is 0 Å². The van der Waals surface area contributed by atoms with Crippen molar-refractivity contribution in [1.29, 1.82) is 0 Å². The first-order valence-corrected chi connectivity index (χ1v) is 6.66. The van der Waals surface area contributed by atoms with Crippen LogP contribution in [0.15, 0.2) is 47.4 Å². The van der Waals surface area contributed by atoms with Crippen molar-refractivity contribution in [1.82, 2.24) is 0 Å². The predicted molar refractivity (Wildman–Crippen MR) is 70.6 cm³/mol. The van der Waals surface area contributed by atoms with E-state index in [2.05, 4.69) is 0 Å². The van der Waals surface area contributed by atoms with Gasteiger partial charge in [-0.15, -0.1) is 11.8 Å². The van der Waals surface area contributed by atoms with Gasteiger partial charge < -0.3 is 9.84 Å². The van der Waals surface area contributed by atoms with Crippen LogP contribution in [0.1, 0.15) is 5.56 Å². The molecule has 2 aromatic rings. The SMILES string of the molecule is CSc1ccc(Oc2ccc(F)cc2CO)cc1. The Labute approximate surface area is 109 Å². The van der Waals surface area contributed by atoms with E-state index in [0.29, 0.717) is 17.1 Å². The summed E-state index contributed by atoms with van der Waals surface area (Å²) in [6.45, 7) is -0.254. The maximum absolute atomic E-state index is 13.0. The van der Waals surface area contributed by atoms with Gasteiger partial charge in [-0.3, -0.25) is 0 Å². The Kier molecular flexibility index (Phi) is 4.23. The Morgan fingerprint density at radius 1 is 1.17 bits per heavy atom. The fourth-order valence-corrected chi connectivity index (χ4v) is 1.95. The second-order valence-electron chi connectivity index (χ2n) is 3.69. The highest BCUT2D eigenvalue weighted by molar-refractivity contribution is 7.98. The van der Waals surface area contributed by atoms with Crippen molar-refractivity contribution in [2.24, 2.45) is 0 Å². The molecular weight excluding hydrogens is 251 g/mol. The number of halogens is 1. The Morgan fingerprint density at radius 2 is 1.89 bits per heavy atom. The van der Waals surface area contributed by atoms with Crippen molar-refractivity contribution < 1.29 is 14.2 Å². The summed E-state index contributed by atoms with van der Waals surface area (Å²) in [7, 11) is 0. The summed E-state index contributed by atoms with van der Waals surface area (Å²) in [6.07, 6.45) is 2.00. The number of hydrogen-bond acceptors (Lipinski definition) is 3. The molecule has 1 N–H and O–H groups in total. The molecule has 0 aliphatic carbocycles. The molecule has 0 saturated carbocycles. The van der Waals surface area contributed by atoms with Crippen LogP contribution < -0.4 is 4.74 Å². The van der Waals surface area contributed by atoms with E-state index < -0.39 is 0 Å². The molecule has 0 spiro atoms. The van der Waals surface area contributed by atoms with E-state index in [1.807, 2.05) is 30.5 Å².